The van der Waals surface area contributed by atoms with Crippen molar-refractivity contribution in [1.29, 1.82) is 0 Å². The van der Waals surface area contributed by atoms with E-state index in [4.69, 9.17) is 0 Å². The minimum absolute atomic E-state index is 0.00500. The number of hydrogen-bond acceptors (Lipinski definition) is 3. The average Bonchev–Trinajstić information content (AvgIpc) is 3.15. The summed E-state index contributed by atoms with van der Waals surface area (Å²) in [5, 5.41) is 3.06. The number of benzene rings is 1. The Bertz CT molecular complexity index is 709. The third-order valence-corrected chi connectivity index (χ3v) is 6.40. The first-order valence-corrected chi connectivity index (χ1v) is 10.9. The lowest BCUT2D eigenvalue weighted by Crippen LogP contribution is -2.43. The molecule has 29 heavy (non-hydrogen) atoms. The van der Waals surface area contributed by atoms with Crippen molar-refractivity contribution in [1.82, 2.24) is 15.1 Å². The van der Waals surface area contributed by atoms with Gasteiger partial charge in [-0.2, -0.15) is 0 Å². The SMILES string of the molecule is CCC(CC)N1CC(C(=O)NCC2CCN(C(=O)c3ccccc3)CC2)CC1=O. The minimum Gasteiger partial charge on any atom is -0.356 e. The van der Waals surface area contributed by atoms with Gasteiger partial charge in [0, 0.05) is 44.2 Å². The molecule has 2 heterocycles. The van der Waals surface area contributed by atoms with E-state index in [-0.39, 0.29) is 29.7 Å². The van der Waals surface area contributed by atoms with Crippen LogP contribution in [0.25, 0.3) is 0 Å². The Morgan fingerprint density at radius 1 is 1.10 bits per heavy atom. The molecule has 2 saturated heterocycles. The predicted octanol–water partition coefficient (Wildman–Crippen LogP) is 2.69. The average molecular weight is 400 g/mol. The van der Waals surface area contributed by atoms with E-state index >= 15 is 0 Å². The molecule has 0 aliphatic carbocycles. The van der Waals surface area contributed by atoms with E-state index in [9.17, 15) is 14.4 Å². The molecule has 1 aromatic carbocycles. The maximum Gasteiger partial charge on any atom is 0.253 e. The van der Waals surface area contributed by atoms with Gasteiger partial charge < -0.3 is 15.1 Å². The van der Waals surface area contributed by atoms with E-state index in [1.165, 1.54) is 0 Å². The van der Waals surface area contributed by atoms with Crippen LogP contribution in [0.15, 0.2) is 30.3 Å². The highest BCUT2D eigenvalue weighted by Crippen LogP contribution is 2.24. The molecule has 0 aromatic heterocycles. The molecule has 2 aliphatic heterocycles. The van der Waals surface area contributed by atoms with Crippen molar-refractivity contribution < 1.29 is 14.4 Å². The molecule has 1 N–H and O–H groups in total. The predicted molar refractivity (Wildman–Crippen MR) is 112 cm³/mol. The Hall–Kier alpha value is -2.37. The molecule has 3 amide bonds. The van der Waals surface area contributed by atoms with Crippen molar-refractivity contribution in [3.8, 4) is 0 Å². The minimum atomic E-state index is -0.233. The lowest BCUT2D eigenvalue weighted by atomic mass is 9.96. The summed E-state index contributed by atoms with van der Waals surface area (Å²) in [6.07, 6.45) is 3.96. The molecule has 1 atom stereocenters. The number of rotatable bonds is 7. The van der Waals surface area contributed by atoms with Crippen molar-refractivity contribution in [3.63, 3.8) is 0 Å². The highest BCUT2D eigenvalue weighted by atomic mass is 16.2. The second-order valence-corrected chi connectivity index (χ2v) is 8.26. The molecule has 3 rings (SSSR count). The maximum absolute atomic E-state index is 12.6. The molecule has 0 saturated carbocycles. The second-order valence-electron chi connectivity index (χ2n) is 8.26. The summed E-state index contributed by atoms with van der Waals surface area (Å²) in [4.78, 5) is 41.2. The summed E-state index contributed by atoms with van der Waals surface area (Å²) in [7, 11) is 0. The van der Waals surface area contributed by atoms with E-state index in [0.717, 1.165) is 44.3 Å². The highest BCUT2D eigenvalue weighted by Gasteiger charge is 2.37. The van der Waals surface area contributed by atoms with Crippen LogP contribution < -0.4 is 5.32 Å². The third kappa shape index (κ3) is 5.17. The molecular formula is C23H33N3O3. The largest absolute Gasteiger partial charge is 0.356 e. The second kappa shape index (κ2) is 9.90. The fourth-order valence-corrected chi connectivity index (χ4v) is 4.48. The molecule has 2 aliphatic rings. The first kappa shape index (κ1) is 21.3. The normalized spacial score (nSPS) is 20.4. The Kier molecular flexibility index (Phi) is 7.29. The Labute approximate surface area is 173 Å². The Morgan fingerprint density at radius 2 is 1.76 bits per heavy atom. The number of amides is 3. The van der Waals surface area contributed by atoms with Gasteiger partial charge in [0.25, 0.3) is 5.91 Å². The zero-order chi connectivity index (χ0) is 20.8. The van der Waals surface area contributed by atoms with Crippen LogP contribution in [0, 0.1) is 11.8 Å². The van der Waals surface area contributed by atoms with E-state index < -0.39 is 0 Å². The van der Waals surface area contributed by atoms with Crippen LogP contribution >= 0.6 is 0 Å². The van der Waals surface area contributed by atoms with Gasteiger partial charge in [0.15, 0.2) is 0 Å². The zero-order valence-electron chi connectivity index (χ0n) is 17.6. The van der Waals surface area contributed by atoms with Crippen LogP contribution in [0.5, 0.6) is 0 Å². The molecule has 0 radical (unpaired) electrons. The van der Waals surface area contributed by atoms with Crippen molar-refractivity contribution in [3.05, 3.63) is 35.9 Å². The smallest absolute Gasteiger partial charge is 0.253 e. The van der Waals surface area contributed by atoms with Crippen LogP contribution in [0.3, 0.4) is 0 Å². The third-order valence-electron chi connectivity index (χ3n) is 6.40. The zero-order valence-corrected chi connectivity index (χ0v) is 17.6. The number of likely N-dealkylation sites (tertiary alicyclic amines) is 2. The van der Waals surface area contributed by atoms with Gasteiger partial charge in [0.1, 0.15) is 0 Å². The van der Waals surface area contributed by atoms with Crippen LogP contribution in [0.2, 0.25) is 0 Å². The monoisotopic (exact) mass is 399 g/mol. The number of carbonyl (C=O) groups is 3. The number of nitrogens with zero attached hydrogens (tertiary/aromatic N) is 2. The van der Waals surface area contributed by atoms with Crippen molar-refractivity contribution in [2.45, 2.75) is 52.0 Å². The maximum atomic E-state index is 12.6. The summed E-state index contributed by atoms with van der Waals surface area (Å²) in [5.74, 6) is 0.328. The van der Waals surface area contributed by atoms with Crippen LogP contribution in [-0.4, -0.2) is 59.7 Å². The van der Waals surface area contributed by atoms with E-state index in [2.05, 4.69) is 19.2 Å². The number of hydrogen-bond donors (Lipinski definition) is 1. The first-order valence-electron chi connectivity index (χ1n) is 10.9. The number of piperidine rings is 1. The molecule has 6 heteroatoms. The summed E-state index contributed by atoms with van der Waals surface area (Å²) in [5.41, 5.74) is 0.729. The van der Waals surface area contributed by atoms with E-state index in [1.54, 1.807) is 0 Å². The molecule has 1 unspecified atom stereocenters. The van der Waals surface area contributed by atoms with Gasteiger partial charge in [-0.05, 0) is 43.7 Å². The fourth-order valence-electron chi connectivity index (χ4n) is 4.48. The fraction of sp³-hybridized carbons (Fsp3) is 0.609. The highest BCUT2D eigenvalue weighted by molar-refractivity contribution is 5.94. The van der Waals surface area contributed by atoms with Gasteiger partial charge in [-0.1, -0.05) is 32.0 Å². The Balaban J connectivity index is 1.42. The van der Waals surface area contributed by atoms with Gasteiger partial charge in [0.2, 0.25) is 11.8 Å². The van der Waals surface area contributed by atoms with Crippen LogP contribution in [0.4, 0.5) is 0 Å². The van der Waals surface area contributed by atoms with Crippen LogP contribution in [0.1, 0.15) is 56.3 Å². The van der Waals surface area contributed by atoms with Gasteiger partial charge in [-0.3, -0.25) is 14.4 Å². The molecular weight excluding hydrogens is 366 g/mol. The van der Waals surface area contributed by atoms with Crippen molar-refractivity contribution >= 4 is 17.7 Å². The molecule has 0 spiro atoms. The van der Waals surface area contributed by atoms with Gasteiger partial charge in [0.05, 0.1) is 5.92 Å². The summed E-state index contributed by atoms with van der Waals surface area (Å²) in [6.45, 7) is 6.79. The lowest BCUT2D eigenvalue weighted by molar-refractivity contribution is -0.130. The number of carbonyl (C=O) groups excluding carboxylic acids is 3. The summed E-state index contributed by atoms with van der Waals surface area (Å²) < 4.78 is 0. The standard InChI is InChI=1S/C23H33N3O3/c1-3-20(4-2)26-16-19(14-21(26)27)22(28)24-15-17-10-12-25(13-11-17)23(29)18-8-6-5-7-9-18/h5-9,17,19-20H,3-4,10-16H2,1-2H3,(H,24,28). The van der Waals surface area contributed by atoms with Crippen LogP contribution in [-0.2, 0) is 9.59 Å². The molecule has 1 aromatic rings. The number of nitrogens with one attached hydrogen (secondary N) is 1. The van der Waals surface area contributed by atoms with Crippen molar-refractivity contribution in [2.75, 3.05) is 26.2 Å². The lowest BCUT2D eigenvalue weighted by Gasteiger charge is -2.32. The van der Waals surface area contributed by atoms with Gasteiger partial charge in [-0.15, -0.1) is 0 Å². The Morgan fingerprint density at radius 3 is 2.38 bits per heavy atom. The summed E-state index contributed by atoms with van der Waals surface area (Å²) in [6, 6.07) is 9.62. The van der Waals surface area contributed by atoms with E-state index in [1.807, 2.05) is 40.1 Å². The molecule has 158 valence electrons. The van der Waals surface area contributed by atoms with Gasteiger partial charge in [-0.25, -0.2) is 0 Å². The summed E-state index contributed by atoms with van der Waals surface area (Å²) >= 11 is 0. The molecule has 6 nitrogen and oxygen atoms in total. The van der Waals surface area contributed by atoms with E-state index in [0.29, 0.717) is 25.4 Å². The molecule has 0 bridgehead atoms. The first-order chi connectivity index (χ1) is 14.0. The van der Waals surface area contributed by atoms with Gasteiger partial charge >= 0.3 is 0 Å². The quantitative estimate of drug-likeness (QED) is 0.766. The van der Waals surface area contributed by atoms with Crippen molar-refractivity contribution in [2.24, 2.45) is 11.8 Å². The molecule has 2 fully saturated rings. The topological polar surface area (TPSA) is 69.7 Å².